The van der Waals surface area contributed by atoms with Gasteiger partial charge in [-0.25, -0.2) is 9.97 Å². The molecule has 0 aromatic carbocycles. The van der Waals surface area contributed by atoms with Gasteiger partial charge in [-0.1, -0.05) is 0 Å². The van der Waals surface area contributed by atoms with Gasteiger partial charge in [0.1, 0.15) is 5.82 Å². The van der Waals surface area contributed by atoms with E-state index in [9.17, 15) is 9.90 Å². The summed E-state index contributed by atoms with van der Waals surface area (Å²) in [6, 6.07) is 4.77. The fourth-order valence-corrected chi connectivity index (χ4v) is 2.13. The highest BCUT2D eigenvalue weighted by Crippen LogP contribution is 2.25. The van der Waals surface area contributed by atoms with Crippen LogP contribution < -0.4 is 10.6 Å². The Labute approximate surface area is 126 Å². The molecule has 0 unspecified atom stereocenters. The molecule has 0 saturated carbocycles. The third kappa shape index (κ3) is 2.39. The van der Waals surface area contributed by atoms with Crippen molar-refractivity contribution in [2.45, 2.75) is 0 Å². The minimum atomic E-state index is -0.402. The van der Waals surface area contributed by atoms with E-state index in [1.54, 1.807) is 31.6 Å². The summed E-state index contributed by atoms with van der Waals surface area (Å²) < 4.78 is 0. The summed E-state index contributed by atoms with van der Waals surface area (Å²) in [5, 5.41) is 16.7. The number of aromatic hydroxyl groups is 1. The first kappa shape index (κ1) is 13.7. The SMILES string of the molecule is CNc1ncc(C(=O)Nc2ncccc2O)c2ccncc12. The molecule has 0 spiro atoms. The Morgan fingerprint density at radius 1 is 1.09 bits per heavy atom. The molecule has 3 rings (SSSR count). The number of nitrogens with zero attached hydrogens (tertiary/aromatic N) is 3. The van der Waals surface area contributed by atoms with E-state index in [-0.39, 0.29) is 11.6 Å². The van der Waals surface area contributed by atoms with Gasteiger partial charge in [0.25, 0.3) is 5.91 Å². The highest BCUT2D eigenvalue weighted by Gasteiger charge is 2.15. The Bertz CT molecular complexity index is 850. The number of hydrogen-bond acceptors (Lipinski definition) is 6. The van der Waals surface area contributed by atoms with Crippen molar-refractivity contribution in [3.05, 3.63) is 48.5 Å². The molecular formula is C15H13N5O2. The quantitative estimate of drug-likeness (QED) is 0.683. The second-order valence-corrected chi connectivity index (χ2v) is 4.52. The number of amides is 1. The van der Waals surface area contributed by atoms with Crippen molar-refractivity contribution in [3.8, 4) is 5.75 Å². The Kier molecular flexibility index (Phi) is 3.53. The molecule has 3 N–H and O–H groups in total. The number of nitrogens with one attached hydrogen (secondary N) is 2. The highest BCUT2D eigenvalue weighted by molar-refractivity contribution is 6.14. The highest BCUT2D eigenvalue weighted by atomic mass is 16.3. The van der Waals surface area contributed by atoms with Crippen molar-refractivity contribution in [3.63, 3.8) is 0 Å². The fraction of sp³-hybridized carbons (Fsp3) is 0.0667. The number of fused-ring (bicyclic) bond motifs is 1. The number of carbonyl (C=O) groups is 1. The summed E-state index contributed by atoms with van der Waals surface area (Å²) in [5.41, 5.74) is 0.376. The van der Waals surface area contributed by atoms with Gasteiger partial charge in [0.15, 0.2) is 11.6 Å². The Morgan fingerprint density at radius 3 is 2.73 bits per heavy atom. The van der Waals surface area contributed by atoms with Crippen molar-refractivity contribution in [2.24, 2.45) is 0 Å². The van der Waals surface area contributed by atoms with Crippen molar-refractivity contribution < 1.29 is 9.90 Å². The zero-order chi connectivity index (χ0) is 15.5. The van der Waals surface area contributed by atoms with Crippen molar-refractivity contribution in [2.75, 3.05) is 17.7 Å². The van der Waals surface area contributed by atoms with E-state index < -0.39 is 5.91 Å². The van der Waals surface area contributed by atoms with Gasteiger partial charge in [0, 0.05) is 42.6 Å². The van der Waals surface area contributed by atoms with Gasteiger partial charge < -0.3 is 15.7 Å². The van der Waals surface area contributed by atoms with Gasteiger partial charge >= 0.3 is 0 Å². The van der Waals surface area contributed by atoms with E-state index in [0.717, 1.165) is 5.39 Å². The number of anilines is 2. The van der Waals surface area contributed by atoms with E-state index in [1.807, 2.05) is 0 Å². The van der Waals surface area contributed by atoms with Crippen LogP contribution in [0.4, 0.5) is 11.6 Å². The molecule has 7 nitrogen and oxygen atoms in total. The number of pyridine rings is 3. The number of aromatic nitrogens is 3. The maximum absolute atomic E-state index is 12.4. The molecule has 22 heavy (non-hydrogen) atoms. The molecule has 0 aliphatic heterocycles. The monoisotopic (exact) mass is 295 g/mol. The van der Waals surface area contributed by atoms with Crippen LogP contribution in [0.5, 0.6) is 5.75 Å². The van der Waals surface area contributed by atoms with Crippen molar-refractivity contribution in [1.82, 2.24) is 15.0 Å². The van der Waals surface area contributed by atoms with Gasteiger partial charge in [-0.15, -0.1) is 0 Å². The van der Waals surface area contributed by atoms with Gasteiger partial charge in [-0.3, -0.25) is 9.78 Å². The first-order valence-electron chi connectivity index (χ1n) is 6.56. The Morgan fingerprint density at radius 2 is 1.95 bits per heavy atom. The summed E-state index contributed by atoms with van der Waals surface area (Å²) in [5.74, 6) is 0.245. The van der Waals surface area contributed by atoms with E-state index >= 15 is 0 Å². The third-order valence-electron chi connectivity index (χ3n) is 3.19. The van der Waals surface area contributed by atoms with E-state index in [2.05, 4.69) is 25.6 Å². The average Bonchev–Trinajstić information content (AvgIpc) is 2.56. The minimum Gasteiger partial charge on any atom is -0.504 e. The van der Waals surface area contributed by atoms with Crippen LogP contribution in [-0.2, 0) is 0 Å². The third-order valence-corrected chi connectivity index (χ3v) is 3.19. The van der Waals surface area contributed by atoms with Crippen LogP contribution >= 0.6 is 0 Å². The molecule has 3 aromatic heterocycles. The Hall–Kier alpha value is -3.22. The minimum absolute atomic E-state index is 0.0957. The van der Waals surface area contributed by atoms with Crippen LogP contribution in [0.15, 0.2) is 43.0 Å². The lowest BCUT2D eigenvalue weighted by Gasteiger charge is -2.10. The fourth-order valence-electron chi connectivity index (χ4n) is 2.13. The molecule has 7 heteroatoms. The summed E-state index contributed by atoms with van der Waals surface area (Å²) in [6.45, 7) is 0. The van der Waals surface area contributed by atoms with E-state index in [4.69, 9.17) is 0 Å². The molecular weight excluding hydrogens is 282 g/mol. The molecule has 0 radical (unpaired) electrons. The maximum atomic E-state index is 12.4. The molecule has 0 saturated heterocycles. The lowest BCUT2D eigenvalue weighted by atomic mass is 10.1. The molecule has 1 amide bonds. The first-order chi connectivity index (χ1) is 10.7. The molecule has 0 bridgehead atoms. The lowest BCUT2D eigenvalue weighted by Crippen LogP contribution is -2.14. The molecule has 0 fully saturated rings. The normalized spacial score (nSPS) is 10.4. The molecule has 3 heterocycles. The van der Waals surface area contributed by atoms with Crippen molar-refractivity contribution in [1.29, 1.82) is 0 Å². The van der Waals surface area contributed by atoms with E-state index in [1.165, 1.54) is 18.5 Å². The Balaban J connectivity index is 2.03. The molecule has 0 aliphatic carbocycles. The lowest BCUT2D eigenvalue weighted by molar-refractivity contribution is 0.102. The summed E-state index contributed by atoms with van der Waals surface area (Å²) in [4.78, 5) is 24.6. The predicted molar refractivity (Wildman–Crippen MR) is 82.9 cm³/mol. The van der Waals surface area contributed by atoms with Gasteiger partial charge in [-0.2, -0.15) is 0 Å². The van der Waals surface area contributed by atoms with Crippen LogP contribution in [-0.4, -0.2) is 33.0 Å². The van der Waals surface area contributed by atoms with Crippen LogP contribution in [0.1, 0.15) is 10.4 Å². The molecule has 0 atom stereocenters. The zero-order valence-corrected chi connectivity index (χ0v) is 11.7. The number of carbonyl (C=O) groups excluding carboxylic acids is 1. The average molecular weight is 295 g/mol. The molecule has 110 valence electrons. The molecule has 3 aromatic rings. The summed E-state index contributed by atoms with van der Waals surface area (Å²) >= 11 is 0. The zero-order valence-electron chi connectivity index (χ0n) is 11.7. The topological polar surface area (TPSA) is 100 Å². The second kappa shape index (κ2) is 5.65. The van der Waals surface area contributed by atoms with Crippen molar-refractivity contribution >= 4 is 28.3 Å². The number of rotatable bonds is 3. The maximum Gasteiger partial charge on any atom is 0.259 e. The predicted octanol–water partition coefficient (Wildman–Crippen LogP) is 2.02. The van der Waals surface area contributed by atoms with Gasteiger partial charge in [-0.05, 0) is 18.2 Å². The van der Waals surface area contributed by atoms with Crippen LogP contribution in [0.2, 0.25) is 0 Å². The van der Waals surface area contributed by atoms with Crippen LogP contribution in [0.25, 0.3) is 10.8 Å². The van der Waals surface area contributed by atoms with E-state index in [0.29, 0.717) is 16.8 Å². The second-order valence-electron chi connectivity index (χ2n) is 4.52. The van der Waals surface area contributed by atoms with Gasteiger partial charge in [0.05, 0.1) is 5.56 Å². The molecule has 0 aliphatic rings. The van der Waals surface area contributed by atoms with Crippen LogP contribution in [0.3, 0.4) is 0 Å². The van der Waals surface area contributed by atoms with Gasteiger partial charge in [0.2, 0.25) is 0 Å². The van der Waals surface area contributed by atoms with Crippen LogP contribution in [0, 0.1) is 0 Å². The summed E-state index contributed by atoms with van der Waals surface area (Å²) in [6.07, 6.45) is 6.21. The number of hydrogen-bond donors (Lipinski definition) is 3. The standard InChI is InChI=1S/C15H13N5O2/c1-16-13-10-7-17-6-4-9(10)11(8-19-13)15(22)20-14-12(21)3-2-5-18-14/h2-8,21H,1H3,(H,16,19)(H,18,20,22). The smallest absolute Gasteiger partial charge is 0.259 e. The summed E-state index contributed by atoms with van der Waals surface area (Å²) in [7, 11) is 1.75. The first-order valence-corrected chi connectivity index (χ1v) is 6.56. The largest absolute Gasteiger partial charge is 0.504 e.